The normalized spacial score (nSPS) is 15.9. The van der Waals surface area contributed by atoms with Crippen molar-refractivity contribution in [3.63, 3.8) is 0 Å². The lowest BCUT2D eigenvalue weighted by atomic mass is 9.89. The Bertz CT molecular complexity index is 963. The highest BCUT2D eigenvalue weighted by Crippen LogP contribution is 2.30. The van der Waals surface area contributed by atoms with Gasteiger partial charge in [-0.25, -0.2) is 0 Å². The molecule has 1 aliphatic rings. The molecule has 2 aromatic rings. The second-order valence-corrected chi connectivity index (χ2v) is 6.68. The monoisotopic (exact) mass is 381 g/mol. The number of nitrogen functional groups attached to an aromatic ring is 1. The number of carbonyl (C=O) groups excluding carboxylic acids is 1. The highest BCUT2D eigenvalue weighted by atomic mass is 35.5. The molecule has 0 radical (unpaired) electrons. The molecule has 1 aliphatic heterocycles. The van der Waals surface area contributed by atoms with Gasteiger partial charge in [-0.2, -0.15) is 0 Å². The summed E-state index contributed by atoms with van der Waals surface area (Å²) in [6, 6.07) is 9.23. The number of nitrogens with one attached hydrogen (secondary N) is 2. The standard InChI is InChI=1S/C20H20ClN5O/c1-24-10-17-19(23)18(11-26(2)20(17)27)16-8-14(22)5-3-12(16)7-15-6-4-13(21)9-25-15/h3-6,8-11,23-24H,7,22H2,1-2H3/b17-10+,23-19?. The van der Waals surface area contributed by atoms with Gasteiger partial charge in [-0.15, -0.1) is 0 Å². The van der Waals surface area contributed by atoms with Crippen molar-refractivity contribution in [2.75, 3.05) is 19.8 Å². The van der Waals surface area contributed by atoms with Gasteiger partial charge >= 0.3 is 0 Å². The lowest BCUT2D eigenvalue weighted by Gasteiger charge is -2.25. The van der Waals surface area contributed by atoms with Crippen LogP contribution < -0.4 is 11.1 Å². The molecule has 0 aliphatic carbocycles. The molecule has 3 rings (SSSR count). The molecule has 2 heterocycles. The van der Waals surface area contributed by atoms with Crippen LogP contribution in [0.15, 0.2) is 54.5 Å². The van der Waals surface area contributed by atoms with E-state index in [1.807, 2.05) is 24.3 Å². The van der Waals surface area contributed by atoms with E-state index in [2.05, 4.69) is 10.3 Å². The minimum Gasteiger partial charge on any atom is -0.399 e. The van der Waals surface area contributed by atoms with E-state index < -0.39 is 0 Å². The fraction of sp³-hybridized carbons (Fsp3) is 0.150. The Labute approximate surface area is 162 Å². The van der Waals surface area contributed by atoms with Gasteiger partial charge in [0, 0.05) is 56.1 Å². The fourth-order valence-corrected chi connectivity index (χ4v) is 3.06. The number of benzene rings is 1. The van der Waals surface area contributed by atoms with Gasteiger partial charge in [-0.1, -0.05) is 17.7 Å². The van der Waals surface area contributed by atoms with Crippen molar-refractivity contribution in [2.24, 2.45) is 0 Å². The number of rotatable bonds is 4. The smallest absolute Gasteiger partial charge is 0.261 e. The van der Waals surface area contributed by atoms with Crippen molar-refractivity contribution < 1.29 is 4.79 Å². The number of nitrogens with zero attached hydrogens (tertiary/aromatic N) is 2. The summed E-state index contributed by atoms with van der Waals surface area (Å²) in [5, 5.41) is 12.0. The molecule has 138 valence electrons. The SMILES string of the molecule is CN/C=C1\C(=N)C(c2cc(N)ccc2Cc2ccc(Cl)cn2)=CN(C)C1=O. The van der Waals surface area contributed by atoms with E-state index in [9.17, 15) is 4.79 Å². The second-order valence-electron chi connectivity index (χ2n) is 6.24. The first-order valence-corrected chi connectivity index (χ1v) is 8.73. The van der Waals surface area contributed by atoms with E-state index in [0.29, 0.717) is 28.3 Å². The van der Waals surface area contributed by atoms with Crippen molar-refractivity contribution >= 4 is 34.5 Å². The summed E-state index contributed by atoms with van der Waals surface area (Å²) in [5.74, 6) is -0.233. The van der Waals surface area contributed by atoms with Crippen molar-refractivity contribution in [1.82, 2.24) is 15.2 Å². The van der Waals surface area contributed by atoms with Crippen LogP contribution >= 0.6 is 11.6 Å². The topological polar surface area (TPSA) is 95.1 Å². The van der Waals surface area contributed by atoms with Crippen molar-refractivity contribution in [1.29, 1.82) is 5.41 Å². The van der Waals surface area contributed by atoms with E-state index in [-0.39, 0.29) is 11.6 Å². The maximum atomic E-state index is 12.4. The van der Waals surface area contributed by atoms with Crippen molar-refractivity contribution in [2.45, 2.75) is 6.42 Å². The molecular weight excluding hydrogens is 362 g/mol. The predicted octanol–water partition coefficient (Wildman–Crippen LogP) is 2.84. The predicted molar refractivity (Wildman–Crippen MR) is 109 cm³/mol. The van der Waals surface area contributed by atoms with Gasteiger partial charge in [0.1, 0.15) is 0 Å². The maximum absolute atomic E-state index is 12.4. The summed E-state index contributed by atoms with van der Waals surface area (Å²) < 4.78 is 0. The zero-order chi connectivity index (χ0) is 19.6. The number of anilines is 1. The molecule has 0 unspecified atom stereocenters. The Morgan fingerprint density at radius 3 is 2.78 bits per heavy atom. The number of allylic oxidation sites excluding steroid dienone is 1. The highest BCUT2D eigenvalue weighted by molar-refractivity contribution is 6.41. The molecule has 0 fully saturated rings. The van der Waals surface area contributed by atoms with Crippen LogP contribution in [0.3, 0.4) is 0 Å². The van der Waals surface area contributed by atoms with Crippen LogP contribution in [0.1, 0.15) is 16.8 Å². The average Bonchev–Trinajstić information content (AvgIpc) is 2.65. The van der Waals surface area contributed by atoms with Crippen LogP contribution in [-0.4, -0.2) is 35.6 Å². The first-order valence-electron chi connectivity index (χ1n) is 8.35. The van der Waals surface area contributed by atoms with Crippen LogP contribution in [0.2, 0.25) is 5.02 Å². The van der Waals surface area contributed by atoms with E-state index in [4.69, 9.17) is 22.7 Å². The molecule has 1 amide bonds. The summed E-state index contributed by atoms with van der Waals surface area (Å²) in [6.45, 7) is 0. The van der Waals surface area contributed by atoms with Gasteiger partial charge in [-0.3, -0.25) is 15.2 Å². The molecule has 6 nitrogen and oxygen atoms in total. The molecule has 0 spiro atoms. The Balaban J connectivity index is 2.07. The van der Waals surface area contributed by atoms with Gasteiger partial charge in [0.05, 0.1) is 16.3 Å². The quantitative estimate of drug-likeness (QED) is 0.560. The molecule has 0 atom stereocenters. The van der Waals surface area contributed by atoms with Crippen LogP contribution in [0.25, 0.3) is 5.57 Å². The summed E-state index contributed by atoms with van der Waals surface area (Å²) in [5.41, 5.74) is 10.3. The molecule has 4 N–H and O–H groups in total. The van der Waals surface area contributed by atoms with Gasteiger partial charge in [0.25, 0.3) is 5.91 Å². The summed E-state index contributed by atoms with van der Waals surface area (Å²) in [4.78, 5) is 18.2. The minimum atomic E-state index is -0.233. The number of amides is 1. The second kappa shape index (κ2) is 7.63. The van der Waals surface area contributed by atoms with Gasteiger partial charge in [0.2, 0.25) is 0 Å². The summed E-state index contributed by atoms with van der Waals surface area (Å²) >= 11 is 5.92. The molecule has 0 saturated heterocycles. The van der Waals surface area contributed by atoms with Gasteiger partial charge < -0.3 is 16.0 Å². The van der Waals surface area contributed by atoms with Crippen molar-refractivity contribution in [3.8, 4) is 0 Å². The average molecular weight is 382 g/mol. The number of hydrogen-bond donors (Lipinski definition) is 3. The molecule has 0 saturated carbocycles. The molecule has 0 bridgehead atoms. The number of likely N-dealkylation sites (N-methyl/N-ethyl adjacent to an activating group) is 1. The van der Waals surface area contributed by atoms with Gasteiger partial charge in [-0.05, 0) is 35.4 Å². The number of nitrogens with two attached hydrogens (primary N) is 1. The number of halogens is 1. The molecule has 1 aromatic carbocycles. The van der Waals surface area contributed by atoms with Gasteiger partial charge in [0.15, 0.2) is 0 Å². The molecule has 27 heavy (non-hydrogen) atoms. The third-order valence-electron chi connectivity index (χ3n) is 4.29. The Morgan fingerprint density at radius 2 is 2.11 bits per heavy atom. The Morgan fingerprint density at radius 1 is 1.33 bits per heavy atom. The maximum Gasteiger partial charge on any atom is 0.261 e. The summed E-state index contributed by atoms with van der Waals surface area (Å²) in [7, 11) is 3.37. The van der Waals surface area contributed by atoms with Crippen LogP contribution in [0.5, 0.6) is 0 Å². The largest absolute Gasteiger partial charge is 0.399 e. The number of pyridine rings is 1. The number of carbonyl (C=O) groups is 1. The third kappa shape index (κ3) is 3.85. The van der Waals surface area contributed by atoms with Crippen LogP contribution in [0, 0.1) is 5.41 Å². The Kier molecular flexibility index (Phi) is 5.28. The molecular formula is C20H20ClN5O. The Hall–Kier alpha value is -3.12. The zero-order valence-corrected chi connectivity index (χ0v) is 15.8. The van der Waals surface area contributed by atoms with E-state index in [0.717, 1.165) is 16.8 Å². The fourth-order valence-electron chi connectivity index (χ4n) is 2.95. The lowest BCUT2D eigenvalue weighted by Crippen LogP contribution is -2.33. The first-order chi connectivity index (χ1) is 12.9. The number of hydrogen-bond acceptors (Lipinski definition) is 5. The first kappa shape index (κ1) is 18.7. The minimum absolute atomic E-state index is 0.156. The zero-order valence-electron chi connectivity index (χ0n) is 15.1. The van der Waals surface area contributed by atoms with Crippen molar-refractivity contribution in [3.05, 3.63) is 76.3 Å². The van der Waals surface area contributed by atoms with E-state index >= 15 is 0 Å². The van der Waals surface area contributed by atoms with Crippen LogP contribution in [-0.2, 0) is 11.2 Å². The third-order valence-corrected chi connectivity index (χ3v) is 4.51. The highest BCUT2D eigenvalue weighted by Gasteiger charge is 2.28. The summed E-state index contributed by atoms with van der Waals surface area (Å²) in [6.07, 6.45) is 5.38. The van der Waals surface area contributed by atoms with E-state index in [1.165, 1.54) is 4.90 Å². The molecule has 1 aromatic heterocycles. The number of aromatic nitrogens is 1. The van der Waals surface area contributed by atoms with Crippen LogP contribution in [0.4, 0.5) is 5.69 Å². The molecule has 7 heteroatoms. The van der Waals surface area contributed by atoms with E-state index in [1.54, 1.807) is 38.8 Å². The lowest BCUT2D eigenvalue weighted by molar-refractivity contribution is -0.123.